The molecule has 0 radical (unpaired) electrons. The van der Waals surface area contributed by atoms with Crippen LogP contribution in [0.5, 0.6) is 0 Å². The predicted molar refractivity (Wildman–Crippen MR) is 61.2 cm³/mol. The highest BCUT2D eigenvalue weighted by Gasteiger charge is 2.22. The zero-order valence-electron chi connectivity index (χ0n) is 10.5. The number of amides is 1. The van der Waals surface area contributed by atoms with Gasteiger partial charge in [0.1, 0.15) is 0 Å². The molecule has 0 aromatic heterocycles. The molecule has 1 rings (SSSR count). The lowest BCUT2D eigenvalue weighted by Gasteiger charge is -2.20. The summed E-state index contributed by atoms with van der Waals surface area (Å²) in [7, 11) is 2.68. The maximum atomic E-state index is 13.4. The summed E-state index contributed by atoms with van der Waals surface area (Å²) < 4.78 is 43.8. The molecule has 1 amide bonds. The number of likely N-dealkylation sites (N-methyl/N-ethyl adjacent to an activating group) is 1. The van der Waals surface area contributed by atoms with E-state index in [1.165, 1.54) is 14.2 Å². The Morgan fingerprint density at radius 1 is 1.37 bits per heavy atom. The van der Waals surface area contributed by atoms with Crippen molar-refractivity contribution in [2.45, 2.75) is 6.10 Å². The SMILES string of the molecule is COCC(O)CN(C)C(=O)c1ccc(F)c(F)c1F. The Kier molecular flexibility index (Phi) is 5.31. The lowest BCUT2D eigenvalue weighted by molar-refractivity contribution is 0.0378. The molecular formula is C12H14F3NO3. The Balaban J connectivity index is 2.86. The Hall–Kier alpha value is -1.60. The van der Waals surface area contributed by atoms with Crippen LogP contribution in [0.1, 0.15) is 10.4 Å². The molecule has 1 aromatic carbocycles. The minimum atomic E-state index is -1.70. The largest absolute Gasteiger partial charge is 0.389 e. The first-order valence-corrected chi connectivity index (χ1v) is 5.44. The van der Waals surface area contributed by atoms with E-state index in [0.717, 1.165) is 11.0 Å². The minimum absolute atomic E-state index is 0.00210. The molecule has 0 bridgehead atoms. The molecule has 0 aliphatic heterocycles. The molecule has 4 nitrogen and oxygen atoms in total. The molecule has 1 atom stereocenters. The number of methoxy groups -OCH3 is 1. The first-order chi connectivity index (χ1) is 8.88. The van der Waals surface area contributed by atoms with E-state index in [4.69, 9.17) is 0 Å². The average Bonchev–Trinajstić information content (AvgIpc) is 2.35. The molecule has 0 saturated heterocycles. The van der Waals surface area contributed by atoms with E-state index in [2.05, 4.69) is 4.74 Å². The number of halogens is 3. The normalized spacial score (nSPS) is 12.3. The van der Waals surface area contributed by atoms with Crippen LogP contribution in [-0.2, 0) is 4.74 Å². The smallest absolute Gasteiger partial charge is 0.256 e. The van der Waals surface area contributed by atoms with Crippen LogP contribution in [0, 0.1) is 17.5 Å². The molecular weight excluding hydrogens is 263 g/mol. The second-order valence-electron chi connectivity index (χ2n) is 4.02. The summed E-state index contributed by atoms with van der Waals surface area (Å²) in [5, 5.41) is 9.44. The minimum Gasteiger partial charge on any atom is -0.389 e. The lowest BCUT2D eigenvalue weighted by Crippen LogP contribution is -2.36. The third-order valence-electron chi connectivity index (χ3n) is 2.46. The number of carbonyl (C=O) groups excluding carboxylic acids is 1. The molecule has 106 valence electrons. The number of rotatable bonds is 5. The number of aliphatic hydroxyl groups is 1. The van der Waals surface area contributed by atoms with Gasteiger partial charge in [-0.05, 0) is 12.1 Å². The topological polar surface area (TPSA) is 49.8 Å². The van der Waals surface area contributed by atoms with Crippen molar-refractivity contribution in [3.05, 3.63) is 35.1 Å². The van der Waals surface area contributed by atoms with Crippen LogP contribution < -0.4 is 0 Å². The molecule has 0 fully saturated rings. The summed E-state index contributed by atoms with van der Waals surface area (Å²) in [6.45, 7) is -0.122. The summed E-state index contributed by atoms with van der Waals surface area (Å²) in [5.41, 5.74) is -0.592. The second-order valence-corrected chi connectivity index (χ2v) is 4.02. The molecule has 1 N–H and O–H groups in total. The monoisotopic (exact) mass is 277 g/mol. The van der Waals surface area contributed by atoms with Crippen molar-refractivity contribution < 1.29 is 27.8 Å². The van der Waals surface area contributed by atoms with Gasteiger partial charge in [0.15, 0.2) is 17.5 Å². The second kappa shape index (κ2) is 6.53. The average molecular weight is 277 g/mol. The molecule has 1 unspecified atom stereocenters. The molecule has 19 heavy (non-hydrogen) atoms. The van der Waals surface area contributed by atoms with Crippen molar-refractivity contribution in [3.8, 4) is 0 Å². The van der Waals surface area contributed by atoms with Crippen LogP contribution in [0.25, 0.3) is 0 Å². The van der Waals surface area contributed by atoms with Crippen LogP contribution in [0.4, 0.5) is 13.2 Å². The number of nitrogens with zero attached hydrogens (tertiary/aromatic N) is 1. The maximum absolute atomic E-state index is 13.4. The Morgan fingerprint density at radius 3 is 2.58 bits per heavy atom. The van der Waals surface area contributed by atoms with Crippen molar-refractivity contribution in [1.29, 1.82) is 0 Å². The zero-order valence-corrected chi connectivity index (χ0v) is 10.5. The molecule has 0 saturated carbocycles. The van der Waals surface area contributed by atoms with Crippen LogP contribution in [-0.4, -0.2) is 49.3 Å². The van der Waals surface area contributed by atoms with Crippen LogP contribution in [0.2, 0.25) is 0 Å². The molecule has 0 spiro atoms. The standard InChI is InChI=1S/C12H14F3NO3/c1-16(5-7(17)6-19-2)12(18)8-3-4-9(13)11(15)10(8)14/h3-4,7,17H,5-6H2,1-2H3. The number of hydrogen-bond acceptors (Lipinski definition) is 3. The highest BCUT2D eigenvalue weighted by molar-refractivity contribution is 5.94. The van der Waals surface area contributed by atoms with Crippen molar-refractivity contribution in [2.75, 3.05) is 27.3 Å². The predicted octanol–water partition coefficient (Wildman–Crippen LogP) is 1.18. The van der Waals surface area contributed by atoms with Gasteiger partial charge in [0.25, 0.3) is 5.91 Å². The van der Waals surface area contributed by atoms with Gasteiger partial charge >= 0.3 is 0 Å². The van der Waals surface area contributed by atoms with Gasteiger partial charge in [0.2, 0.25) is 0 Å². The number of hydrogen-bond donors (Lipinski definition) is 1. The third kappa shape index (κ3) is 3.68. The number of carbonyl (C=O) groups is 1. The summed E-state index contributed by atoms with van der Waals surface area (Å²) in [4.78, 5) is 12.8. The summed E-state index contributed by atoms with van der Waals surface area (Å²) in [6.07, 6.45) is -0.952. The zero-order chi connectivity index (χ0) is 14.6. The fraction of sp³-hybridized carbons (Fsp3) is 0.417. The highest BCUT2D eigenvalue weighted by Crippen LogP contribution is 2.16. The maximum Gasteiger partial charge on any atom is 0.256 e. The Morgan fingerprint density at radius 2 is 2.00 bits per heavy atom. The van der Waals surface area contributed by atoms with Gasteiger partial charge in [0.05, 0.1) is 18.3 Å². The lowest BCUT2D eigenvalue weighted by atomic mass is 10.1. The van der Waals surface area contributed by atoms with Gasteiger partial charge in [-0.15, -0.1) is 0 Å². The van der Waals surface area contributed by atoms with E-state index in [9.17, 15) is 23.1 Å². The third-order valence-corrected chi connectivity index (χ3v) is 2.46. The fourth-order valence-corrected chi connectivity index (χ4v) is 1.54. The molecule has 1 aromatic rings. The Labute approximate surface area is 108 Å². The van der Waals surface area contributed by atoms with Crippen molar-refractivity contribution in [3.63, 3.8) is 0 Å². The quantitative estimate of drug-likeness (QED) is 0.822. The van der Waals surface area contributed by atoms with Crippen molar-refractivity contribution >= 4 is 5.91 Å². The van der Waals surface area contributed by atoms with Crippen LogP contribution >= 0.6 is 0 Å². The van der Waals surface area contributed by atoms with Crippen LogP contribution in [0.15, 0.2) is 12.1 Å². The molecule has 0 aliphatic rings. The fourth-order valence-electron chi connectivity index (χ4n) is 1.54. The molecule has 0 heterocycles. The number of aliphatic hydroxyl groups excluding tert-OH is 1. The first kappa shape index (κ1) is 15.5. The van der Waals surface area contributed by atoms with E-state index in [-0.39, 0.29) is 13.2 Å². The van der Waals surface area contributed by atoms with Crippen LogP contribution in [0.3, 0.4) is 0 Å². The van der Waals surface area contributed by atoms with Gasteiger partial charge in [-0.3, -0.25) is 4.79 Å². The summed E-state index contributed by atoms with van der Waals surface area (Å²) >= 11 is 0. The van der Waals surface area contributed by atoms with Gasteiger partial charge < -0.3 is 14.7 Å². The van der Waals surface area contributed by atoms with Gasteiger partial charge in [-0.1, -0.05) is 0 Å². The first-order valence-electron chi connectivity index (χ1n) is 5.44. The number of ether oxygens (including phenoxy) is 1. The number of benzene rings is 1. The van der Waals surface area contributed by atoms with E-state index in [1.807, 2.05) is 0 Å². The van der Waals surface area contributed by atoms with Gasteiger partial charge in [-0.2, -0.15) is 0 Å². The van der Waals surface area contributed by atoms with E-state index >= 15 is 0 Å². The highest BCUT2D eigenvalue weighted by atomic mass is 19.2. The Bertz CT molecular complexity index is 468. The van der Waals surface area contributed by atoms with Gasteiger partial charge in [0, 0.05) is 20.7 Å². The van der Waals surface area contributed by atoms with E-state index in [1.54, 1.807) is 0 Å². The van der Waals surface area contributed by atoms with Crippen molar-refractivity contribution in [2.24, 2.45) is 0 Å². The summed E-state index contributed by atoms with van der Waals surface area (Å²) in [5.74, 6) is -5.46. The summed E-state index contributed by atoms with van der Waals surface area (Å²) in [6, 6.07) is 1.53. The van der Waals surface area contributed by atoms with Crippen molar-refractivity contribution in [1.82, 2.24) is 4.90 Å². The van der Waals surface area contributed by atoms with E-state index in [0.29, 0.717) is 6.07 Å². The molecule has 7 heteroatoms. The van der Waals surface area contributed by atoms with Gasteiger partial charge in [-0.25, -0.2) is 13.2 Å². The molecule has 0 aliphatic carbocycles. The van der Waals surface area contributed by atoms with E-state index < -0.39 is 35.0 Å².